The van der Waals surface area contributed by atoms with E-state index in [4.69, 9.17) is 14.2 Å². The van der Waals surface area contributed by atoms with Gasteiger partial charge in [0.15, 0.2) is 0 Å². The number of aromatic nitrogens is 2. The van der Waals surface area contributed by atoms with Crippen molar-refractivity contribution in [3.05, 3.63) is 31.5 Å². The minimum atomic E-state index is -0.925. The third-order valence-electron chi connectivity index (χ3n) is 3.34. The largest absolute Gasteiger partial charge is 0.508 e. The fourth-order valence-electron chi connectivity index (χ4n) is 2.14. The van der Waals surface area contributed by atoms with Gasteiger partial charge in [-0.25, -0.2) is 9.59 Å². The molecule has 0 spiro atoms. The maximum Gasteiger partial charge on any atom is 0.508 e. The lowest BCUT2D eigenvalue weighted by Crippen LogP contribution is -2.33. The van der Waals surface area contributed by atoms with Gasteiger partial charge in [-0.15, -0.1) is 0 Å². The lowest BCUT2D eigenvalue weighted by molar-refractivity contribution is -0.0596. The van der Waals surface area contributed by atoms with Gasteiger partial charge in [0.2, 0.25) is 0 Å². The van der Waals surface area contributed by atoms with Crippen molar-refractivity contribution >= 4 is 22.1 Å². The van der Waals surface area contributed by atoms with E-state index in [2.05, 4.69) is 20.9 Å². The van der Waals surface area contributed by atoms with Crippen molar-refractivity contribution in [3.8, 4) is 0 Å². The summed E-state index contributed by atoms with van der Waals surface area (Å²) in [6.07, 6.45) is -1.93. The summed E-state index contributed by atoms with van der Waals surface area (Å²) in [5, 5.41) is 10.0. The van der Waals surface area contributed by atoms with Crippen molar-refractivity contribution < 1.29 is 24.1 Å². The van der Waals surface area contributed by atoms with Crippen molar-refractivity contribution in [1.29, 1.82) is 0 Å². The molecule has 0 radical (unpaired) electrons. The highest BCUT2D eigenvalue weighted by atomic mass is 79.9. The van der Waals surface area contributed by atoms with Crippen LogP contribution in [-0.2, 0) is 14.2 Å². The first-order valence-electron chi connectivity index (χ1n) is 7.42. The Kier molecular flexibility index (Phi) is 6.19. The lowest BCUT2D eigenvalue weighted by atomic mass is 10.2. The first kappa shape index (κ1) is 18.7. The summed E-state index contributed by atoms with van der Waals surface area (Å²) in [5.41, 5.74) is -1.21. The highest BCUT2D eigenvalue weighted by molar-refractivity contribution is 9.10. The van der Waals surface area contributed by atoms with Gasteiger partial charge in [0.05, 0.1) is 17.2 Å². The molecule has 2 rings (SSSR count). The molecule has 0 saturated carbocycles. The zero-order chi connectivity index (χ0) is 17.9. The topological polar surface area (TPSA) is 120 Å². The molecule has 1 unspecified atom stereocenters. The SMILES string of the molecule is CC(C)COC(=O)OC[C@@H]1O[C@H](n2cc(Br)c(=O)[nH]c2=O)CC1O. The van der Waals surface area contributed by atoms with Gasteiger partial charge in [-0.1, -0.05) is 13.8 Å². The van der Waals surface area contributed by atoms with E-state index in [0.29, 0.717) is 0 Å². The summed E-state index contributed by atoms with van der Waals surface area (Å²) >= 11 is 3.03. The molecule has 1 aromatic heterocycles. The van der Waals surface area contributed by atoms with Crippen LogP contribution in [0, 0.1) is 5.92 Å². The second kappa shape index (κ2) is 7.95. The van der Waals surface area contributed by atoms with Crippen molar-refractivity contribution in [2.75, 3.05) is 13.2 Å². The lowest BCUT2D eigenvalue weighted by Gasteiger charge is -2.16. The molecule has 1 aliphatic heterocycles. The van der Waals surface area contributed by atoms with Crippen LogP contribution < -0.4 is 11.2 Å². The third kappa shape index (κ3) is 4.68. The first-order valence-corrected chi connectivity index (χ1v) is 8.21. The van der Waals surface area contributed by atoms with E-state index >= 15 is 0 Å². The molecule has 0 amide bonds. The van der Waals surface area contributed by atoms with Crippen LogP contribution in [0.25, 0.3) is 0 Å². The number of aliphatic hydroxyl groups is 1. The number of aromatic amines is 1. The number of carbonyl (C=O) groups is 1. The number of ether oxygens (including phenoxy) is 3. The number of rotatable bonds is 5. The normalized spacial score (nSPS) is 23.5. The summed E-state index contributed by atoms with van der Waals surface area (Å²) in [5.74, 6) is 0.181. The van der Waals surface area contributed by atoms with Crippen LogP contribution in [0.1, 0.15) is 26.5 Å². The molecule has 1 saturated heterocycles. The monoisotopic (exact) mass is 406 g/mol. The molecule has 10 heteroatoms. The molecule has 0 aliphatic carbocycles. The summed E-state index contributed by atoms with van der Waals surface area (Å²) in [4.78, 5) is 36.7. The van der Waals surface area contributed by atoms with Crippen LogP contribution >= 0.6 is 15.9 Å². The van der Waals surface area contributed by atoms with Crippen LogP contribution in [0.15, 0.2) is 20.3 Å². The van der Waals surface area contributed by atoms with Gasteiger partial charge in [0.1, 0.15) is 18.9 Å². The fourth-order valence-corrected chi connectivity index (χ4v) is 2.46. The van der Waals surface area contributed by atoms with E-state index in [0.717, 1.165) is 4.57 Å². The zero-order valence-electron chi connectivity index (χ0n) is 13.2. The Bertz CT molecular complexity index is 699. The predicted octanol–water partition coefficient (Wildman–Crippen LogP) is 0.757. The molecular weight excluding hydrogens is 388 g/mol. The van der Waals surface area contributed by atoms with Gasteiger partial charge in [0.25, 0.3) is 5.56 Å². The molecule has 3 atom stereocenters. The second-order valence-corrected chi connectivity index (χ2v) is 6.70. The molecule has 1 aromatic rings. The highest BCUT2D eigenvalue weighted by Crippen LogP contribution is 2.28. The van der Waals surface area contributed by atoms with Crippen molar-refractivity contribution in [1.82, 2.24) is 9.55 Å². The smallest absolute Gasteiger partial charge is 0.434 e. The molecule has 9 nitrogen and oxygen atoms in total. The summed E-state index contributed by atoms with van der Waals surface area (Å²) < 4.78 is 16.6. The predicted molar refractivity (Wildman–Crippen MR) is 85.7 cm³/mol. The number of H-pyrrole nitrogens is 1. The molecule has 2 heterocycles. The molecule has 0 bridgehead atoms. The Balaban J connectivity index is 1.95. The van der Waals surface area contributed by atoms with E-state index in [1.165, 1.54) is 6.20 Å². The average molecular weight is 407 g/mol. The molecular formula is C14H19BrN2O7. The third-order valence-corrected chi connectivity index (χ3v) is 3.90. The maximum absolute atomic E-state index is 11.8. The molecule has 2 N–H and O–H groups in total. The minimum Gasteiger partial charge on any atom is -0.434 e. The molecule has 134 valence electrons. The Morgan fingerprint density at radius 2 is 2.21 bits per heavy atom. The van der Waals surface area contributed by atoms with Crippen LogP contribution in [0.5, 0.6) is 0 Å². The molecule has 1 aliphatic rings. The number of aliphatic hydroxyl groups excluding tert-OH is 1. The Morgan fingerprint density at radius 1 is 1.50 bits per heavy atom. The summed E-state index contributed by atoms with van der Waals surface area (Å²) in [6.45, 7) is 3.81. The van der Waals surface area contributed by atoms with Crippen LogP contribution in [0.2, 0.25) is 0 Å². The highest BCUT2D eigenvalue weighted by Gasteiger charge is 2.36. The van der Waals surface area contributed by atoms with Crippen molar-refractivity contribution in [3.63, 3.8) is 0 Å². The number of hydrogen-bond donors (Lipinski definition) is 2. The maximum atomic E-state index is 11.8. The van der Waals surface area contributed by atoms with E-state index in [1.54, 1.807) is 0 Å². The molecule has 24 heavy (non-hydrogen) atoms. The average Bonchev–Trinajstić information content (AvgIpc) is 2.87. The van der Waals surface area contributed by atoms with Crippen LogP contribution in [-0.4, -0.2) is 46.2 Å². The van der Waals surface area contributed by atoms with E-state index < -0.39 is 35.8 Å². The Labute approximate surface area is 145 Å². The minimum absolute atomic E-state index is 0.119. The summed E-state index contributed by atoms with van der Waals surface area (Å²) in [7, 11) is 0. The van der Waals surface area contributed by atoms with Gasteiger partial charge < -0.3 is 19.3 Å². The van der Waals surface area contributed by atoms with Crippen molar-refractivity contribution in [2.45, 2.75) is 38.7 Å². The number of nitrogens with zero attached hydrogens (tertiary/aromatic N) is 1. The van der Waals surface area contributed by atoms with Gasteiger partial charge in [-0.2, -0.15) is 0 Å². The first-order chi connectivity index (χ1) is 11.3. The second-order valence-electron chi connectivity index (χ2n) is 5.84. The Hall–Kier alpha value is -1.65. The number of halogens is 1. The van der Waals surface area contributed by atoms with Gasteiger partial charge >= 0.3 is 11.8 Å². The summed E-state index contributed by atoms with van der Waals surface area (Å²) in [6, 6.07) is 0. The van der Waals surface area contributed by atoms with E-state index in [9.17, 15) is 19.5 Å². The number of hydrogen-bond acceptors (Lipinski definition) is 7. The van der Waals surface area contributed by atoms with Crippen LogP contribution in [0.4, 0.5) is 4.79 Å². The van der Waals surface area contributed by atoms with Crippen molar-refractivity contribution in [2.24, 2.45) is 5.92 Å². The number of nitrogens with one attached hydrogen (secondary N) is 1. The van der Waals surface area contributed by atoms with E-state index in [-0.39, 0.29) is 30.0 Å². The van der Waals surface area contributed by atoms with Gasteiger partial charge in [-0.05, 0) is 21.8 Å². The van der Waals surface area contributed by atoms with Gasteiger partial charge in [-0.3, -0.25) is 14.3 Å². The number of carbonyl (C=O) groups excluding carboxylic acids is 1. The van der Waals surface area contributed by atoms with E-state index in [1.807, 2.05) is 13.8 Å². The van der Waals surface area contributed by atoms with Crippen LogP contribution in [0.3, 0.4) is 0 Å². The zero-order valence-corrected chi connectivity index (χ0v) is 14.8. The fraction of sp³-hybridized carbons (Fsp3) is 0.643. The quantitative estimate of drug-likeness (QED) is 0.692. The van der Waals surface area contributed by atoms with Gasteiger partial charge in [0, 0.05) is 12.6 Å². The molecule has 1 fully saturated rings. The molecule has 0 aromatic carbocycles. The standard InChI is InChI=1S/C14H19BrN2O7/c1-7(2)5-22-14(21)23-6-10-9(18)3-11(24-10)17-4-8(15)12(19)16-13(17)20/h4,7,9-11,18H,3,5-6H2,1-2H3,(H,16,19,20)/t9?,10-,11-/m0/s1. The Morgan fingerprint density at radius 3 is 2.88 bits per heavy atom.